The molecule has 0 aromatic carbocycles. The van der Waals surface area contributed by atoms with Crippen molar-refractivity contribution in [1.82, 2.24) is 4.90 Å². The van der Waals surface area contributed by atoms with E-state index >= 15 is 0 Å². The molecule has 3 heteroatoms. The maximum atomic E-state index is 5.88. The fourth-order valence-electron chi connectivity index (χ4n) is 2.75. The predicted molar refractivity (Wildman–Crippen MR) is 70.6 cm³/mol. The molecule has 1 radical (unpaired) electrons. The minimum atomic E-state index is -0.532. The Morgan fingerprint density at radius 3 is 1.94 bits per heavy atom. The van der Waals surface area contributed by atoms with Gasteiger partial charge in [0.05, 0.1) is 6.04 Å². The smallest absolute Gasteiger partial charge is 0.185 e. The van der Waals surface area contributed by atoms with Crippen LogP contribution in [0.4, 0.5) is 0 Å². The lowest BCUT2D eigenvalue weighted by molar-refractivity contribution is -0.227. The van der Waals surface area contributed by atoms with E-state index in [0.717, 1.165) is 19.5 Å². The molecule has 0 aromatic heterocycles. The van der Waals surface area contributed by atoms with E-state index in [9.17, 15) is 0 Å². The molecule has 1 aliphatic heterocycles. The third-order valence-electron chi connectivity index (χ3n) is 3.44. The Labute approximate surface area is 106 Å². The molecular formula is C14H28NO2. The molecule has 1 saturated heterocycles. The molecule has 3 nitrogen and oxygen atoms in total. The number of piperidine rings is 1. The van der Waals surface area contributed by atoms with Gasteiger partial charge in [-0.3, -0.25) is 4.90 Å². The standard InChI is InChI=1S/C14H28NO2/c1-5-13(15-11-9-8-10-12-15)14(4,16-6-2)17-7-3/h5-12H2,1-4H3. The third kappa shape index (κ3) is 3.94. The van der Waals surface area contributed by atoms with Crippen molar-refractivity contribution in [3.05, 3.63) is 6.04 Å². The molecule has 0 unspecified atom stereocenters. The van der Waals surface area contributed by atoms with Crippen LogP contribution in [-0.2, 0) is 9.47 Å². The van der Waals surface area contributed by atoms with Crippen molar-refractivity contribution in [2.75, 3.05) is 26.3 Å². The fraction of sp³-hybridized carbons (Fsp3) is 0.929. The van der Waals surface area contributed by atoms with Crippen molar-refractivity contribution in [2.24, 2.45) is 0 Å². The van der Waals surface area contributed by atoms with Gasteiger partial charge in [0.15, 0.2) is 5.79 Å². The van der Waals surface area contributed by atoms with Gasteiger partial charge >= 0.3 is 0 Å². The topological polar surface area (TPSA) is 21.7 Å². The first-order valence-electron chi connectivity index (χ1n) is 7.07. The Hall–Kier alpha value is -0.120. The zero-order valence-corrected chi connectivity index (χ0v) is 11.9. The molecule has 0 aromatic rings. The summed E-state index contributed by atoms with van der Waals surface area (Å²) in [5, 5.41) is 0. The van der Waals surface area contributed by atoms with Gasteiger partial charge in [-0.15, -0.1) is 0 Å². The largest absolute Gasteiger partial charge is 0.349 e. The first-order chi connectivity index (χ1) is 8.18. The van der Waals surface area contributed by atoms with Crippen molar-refractivity contribution in [3.63, 3.8) is 0 Å². The molecule has 17 heavy (non-hydrogen) atoms. The van der Waals surface area contributed by atoms with Gasteiger partial charge in [-0.1, -0.05) is 13.3 Å². The van der Waals surface area contributed by atoms with Crippen LogP contribution in [0.15, 0.2) is 0 Å². The van der Waals surface area contributed by atoms with Crippen molar-refractivity contribution in [2.45, 2.75) is 59.2 Å². The van der Waals surface area contributed by atoms with Crippen molar-refractivity contribution >= 4 is 0 Å². The highest BCUT2D eigenvalue weighted by molar-refractivity contribution is 5.01. The van der Waals surface area contributed by atoms with Crippen LogP contribution >= 0.6 is 0 Å². The first-order valence-corrected chi connectivity index (χ1v) is 7.07. The molecule has 0 amide bonds. The van der Waals surface area contributed by atoms with E-state index in [1.807, 2.05) is 13.8 Å². The van der Waals surface area contributed by atoms with Crippen LogP contribution in [-0.4, -0.2) is 37.0 Å². The second kappa shape index (κ2) is 7.34. The number of hydrogen-bond donors (Lipinski definition) is 0. The number of ether oxygens (including phenoxy) is 2. The van der Waals surface area contributed by atoms with Gasteiger partial charge < -0.3 is 9.47 Å². The van der Waals surface area contributed by atoms with E-state index in [0.29, 0.717) is 13.2 Å². The Kier molecular flexibility index (Phi) is 6.45. The van der Waals surface area contributed by atoms with E-state index in [1.165, 1.54) is 25.3 Å². The van der Waals surface area contributed by atoms with Gasteiger partial charge in [-0.25, -0.2) is 0 Å². The zero-order valence-electron chi connectivity index (χ0n) is 11.9. The average molecular weight is 242 g/mol. The van der Waals surface area contributed by atoms with Crippen LogP contribution in [0.1, 0.15) is 53.4 Å². The van der Waals surface area contributed by atoms with Gasteiger partial charge in [-0.05, 0) is 53.1 Å². The second-order valence-corrected chi connectivity index (χ2v) is 4.66. The van der Waals surface area contributed by atoms with Crippen molar-refractivity contribution in [1.29, 1.82) is 0 Å². The summed E-state index contributed by atoms with van der Waals surface area (Å²) in [6.07, 6.45) is 4.93. The summed E-state index contributed by atoms with van der Waals surface area (Å²) in [7, 11) is 0. The molecule has 0 saturated carbocycles. The molecule has 0 spiro atoms. The molecule has 0 bridgehead atoms. The first kappa shape index (κ1) is 14.9. The van der Waals surface area contributed by atoms with Crippen LogP contribution in [0.25, 0.3) is 0 Å². The number of rotatable bonds is 7. The lowest BCUT2D eigenvalue weighted by Gasteiger charge is -2.43. The van der Waals surface area contributed by atoms with E-state index in [1.54, 1.807) is 0 Å². The summed E-state index contributed by atoms with van der Waals surface area (Å²) in [6.45, 7) is 12.0. The summed E-state index contributed by atoms with van der Waals surface area (Å²) in [5.74, 6) is -0.532. The minimum absolute atomic E-state index is 0.532. The van der Waals surface area contributed by atoms with Gasteiger partial charge in [0.2, 0.25) is 0 Å². The van der Waals surface area contributed by atoms with Crippen LogP contribution in [0.2, 0.25) is 0 Å². The highest BCUT2D eigenvalue weighted by atomic mass is 16.7. The lowest BCUT2D eigenvalue weighted by atomic mass is 10.00. The van der Waals surface area contributed by atoms with Gasteiger partial charge in [-0.2, -0.15) is 0 Å². The van der Waals surface area contributed by atoms with Gasteiger partial charge in [0.25, 0.3) is 0 Å². The maximum Gasteiger partial charge on any atom is 0.185 e. The molecule has 0 atom stereocenters. The number of likely N-dealkylation sites (tertiary alicyclic amines) is 1. The van der Waals surface area contributed by atoms with Gasteiger partial charge in [0.1, 0.15) is 0 Å². The zero-order chi connectivity index (χ0) is 12.7. The Balaban J connectivity index is 2.71. The Morgan fingerprint density at radius 2 is 1.53 bits per heavy atom. The van der Waals surface area contributed by atoms with E-state index < -0.39 is 5.79 Å². The molecule has 0 N–H and O–H groups in total. The van der Waals surface area contributed by atoms with Crippen LogP contribution < -0.4 is 0 Å². The number of nitrogens with zero attached hydrogens (tertiary/aromatic N) is 1. The summed E-state index contributed by atoms with van der Waals surface area (Å²) < 4.78 is 11.8. The summed E-state index contributed by atoms with van der Waals surface area (Å²) >= 11 is 0. The highest BCUT2D eigenvalue weighted by Crippen LogP contribution is 2.33. The maximum absolute atomic E-state index is 5.88. The quantitative estimate of drug-likeness (QED) is 0.640. The minimum Gasteiger partial charge on any atom is -0.349 e. The average Bonchev–Trinajstić information content (AvgIpc) is 2.31. The SMILES string of the molecule is CCOC(C)(OCC)[C](CC)N1CCCCC1. The molecule has 1 fully saturated rings. The Morgan fingerprint density at radius 1 is 1.00 bits per heavy atom. The summed E-state index contributed by atoms with van der Waals surface area (Å²) in [4.78, 5) is 2.47. The van der Waals surface area contributed by atoms with E-state index in [4.69, 9.17) is 9.47 Å². The molecule has 101 valence electrons. The highest BCUT2D eigenvalue weighted by Gasteiger charge is 2.39. The lowest BCUT2D eigenvalue weighted by Crippen LogP contribution is -2.49. The third-order valence-corrected chi connectivity index (χ3v) is 3.44. The van der Waals surface area contributed by atoms with Crippen LogP contribution in [0, 0.1) is 6.04 Å². The molecule has 1 heterocycles. The fourth-order valence-corrected chi connectivity index (χ4v) is 2.75. The normalized spacial score (nSPS) is 18.9. The molecule has 0 aliphatic carbocycles. The predicted octanol–water partition coefficient (Wildman–Crippen LogP) is 3.20. The van der Waals surface area contributed by atoms with Crippen molar-refractivity contribution in [3.8, 4) is 0 Å². The van der Waals surface area contributed by atoms with Crippen LogP contribution in [0.5, 0.6) is 0 Å². The monoisotopic (exact) mass is 242 g/mol. The Bertz CT molecular complexity index is 196. The van der Waals surface area contributed by atoms with Crippen LogP contribution in [0.3, 0.4) is 0 Å². The summed E-state index contributed by atoms with van der Waals surface area (Å²) in [6, 6.07) is 1.31. The van der Waals surface area contributed by atoms with Gasteiger partial charge in [0, 0.05) is 13.2 Å². The second-order valence-electron chi connectivity index (χ2n) is 4.66. The van der Waals surface area contributed by atoms with E-state index in [-0.39, 0.29) is 0 Å². The molecule has 1 rings (SSSR count). The van der Waals surface area contributed by atoms with Crippen molar-refractivity contribution < 1.29 is 9.47 Å². The molecule has 1 aliphatic rings. The molecular weight excluding hydrogens is 214 g/mol. The number of hydrogen-bond acceptors (Lipinski definition) is 3. The summed E-state index contributed by atoms with van der Waals surface area (Å²) in [5.41, 5.74) is 0. The van der Waals surface area contributed by atoms with E-state index in [2.05, 4.69) is 18.7 Å².